The van der Waals surface area contributed by atoms with Gasteiger partial charge in [0.25, 0.3) is 0 Å². The van der Waals surface area contributed by atoms with E-state index in [0.717, 1.165) is 93.7 Å². The number of aryl methyl sites for hydroxylation is 5. The van der Waals surface area contributed by atoms with Gasteiger partial charge in [0.2, 0.25) is 0 Å². The molecule has 4 heteroatoms. The molecule has 9 aromatic carbocycles. The average molecular weight is 763 g/mol. The van der Waals surface area contributed by atoms with Crippen LogP contribution in [0.15, 0.2) is 173 Å². The smallest absolute Gasteiger partial charge is 0.178 e. The Morgan fingerprint density at radius 2 is 0.831 bits per heavy atom. The van der Waals surface area contributed by atoms with Crippen LogP contribution in [0.25, 0.3) is 65.4 Å². The SMILES string of the molecule is Cc1ccc(C)c(N(c2ccccc2)c2ccc3cc4c(cc3c2)oc2c4cc(C)c3c4cc5ccc(N(c6ccccc6)c6cc(C)ccc6C)cc5cc4oc23)c1. The topological polar surface area (TPSA) is 32.8 Å². The predicted molar refractivity (Wildman–Crippen MR) is 249 cm³/mol. The summed E-state index contributed by atoms with van der Waals surface area (Å²) in [5, 5.41) is 8.89. The zero-order chi connectivity index (χ0) is 39.9. The highest BCUT2D eigenvalue weighted by atomic mass is 16.4. The van der Waals surface area contributed by atoms with E-state index in [4.69, 9.17) is 8.83 Å². The number of para-hydroxylation sites is 2. The van der Waals surface area contributed by atoms with Gasteiger partial charge in [-0.15, -0.1) is 0 Å². The Kier molecular flexibility index (Phi) is 7.92. The Bertz CT molecular complexity index is 3450. The van der Waals surface area contributed by atoms with Crippen LogP contribution in [-0.2, 0) is 0 Å². The fourth-order valence-corrected chi connectivity index (χ4v) is 9.03. The summed E-state index contributed by atoms with van der Waals surface area (Å²) < 4.78 is 13.7. The molecule has 0 aliphatic carbocycles. The van der Waals surface area contributed by atoms with Crippen LogP contribution in [-0.4, -0.2) is 0 Å². The van der Waals surface area contributed by atoms with Gasteiger partial charge in [0.05, 0.1) is 0 Å². The Balaban J connectivity index is 1.05. The molecule has 11 aromatic rings. The number of fused-ring (bicyclic) bond motifs is 9. The molecule has 0 aliphatic rings. The summed E-state index contributed by atoms with van der Waals surface area (Å²) >= 11 is 0. The second kappa shape index (κ2) is 13.4. The summed E-state index contributed by atoms with van der Waals surface area (Å²) in [6.45, 7) is 10.8. The standard InChI is InChI=1S/C55H42N2O2/c1-33-16-18-35(3)49(24-33)56(42-12-8-6-9-13-42)44-22-20-38-29-46-47-26-37(5)53-48-30-39-21-23-45(57(43-14-10-7-11-15-43)50-25-34(2)17-19-36(50)4)28-41(39)32-52(48)59-55(53)54(47)58-51(46)31-40(38)27-44/h6-32H,1-5H3. The van der Waals surface area contributed by atoms with E-state index in [0.29, 0.717) is 0 Å². The quantitative estimate of drug-likeness (QED) is 0.169. The van der Waals surface area contributed by atoms with Gasteiger partial charge in [0.1, 0.15) is 11.2 Å². The van der Waals surface area contributed by atoms with Gasteiger partial charge < -0.3 is 18.6 Å². The van der Waals surface area contributed by atoms with E-state index in [1.165, 1.54) is 33.6 Å². The summed E-state index contributed by atoms with van der Waals surface area (Å²) in [5.41, 5.74) is 16.1. The molecule has 0 saturated heterocycles. The molecular weight excluding hydrogens is 721 g/mol. The van der Waals surface area contributed by atoms with Gasteiger partial charge in [-0.05, 0) is 175 Å². The number of anilines is 6. The summed E-state index contributed by atoms with van der Waals surface area (Å²) in [6, 6.07) is 59.2. The third-order valence-electron chi connectivity index (χ3n) is 12.0. The third kappa shape index (κ3) is 5.74. The molecule has 0 bridgehead atoms. The summed E-state index contributed by atoms with van der Waals surface area (Å²) in [7, 11) is 0. The number of hydrogen-bond acceptors (Lipinski definition) is 4. The second-order valence-corrected chi connectivity index (χ2v) is 16.2. The van der Waals surface area contributed by atoms with Crippen LogP contribution in [0.5, 0.6) is 0 Å². The lowest BCUT2D eigenvalue weighted by molar-refractivity contribution is 0.633. The van der Waals surface area contributed by atoms with Crippen LogP contribution in [0.2, 0.25) is 0 Å². The van der Waals surface area contributed by atoms with Crippen molar-refractivity contribution >= 4 is 99.5 Å². The normalized spacial score (nSPS) is 11.8. The van der Waals surface area contributed by atoms with Crippen molar-refractivity contribution in [2.24, 2.45) is 0 Å². The van der Waals surface area contributed by atoms with Gasteiger partial charge in [0, 0.05) is 55.7 Å². The number of furan rings is 2. The zero-order valence-corrected chi connectivity index (χ0v) is 33.8. The molecule has 0 atom stereocenters. The van der Waals surface area contributed by atoms with Crippen LogP contribution in [0.1, 0.15) is 27.8 Å². The highest BCUT2D eigenvalue weighted by Gasteiger charge is 2.22. The molecule has 0 aliphatic heterocycles. The van der Waals surface area contributed by atoms with Crippen LogP contribution in [0.4, 0.5) is 34.1 Å². The van der Waals surface area contributed by atoms with Crippen molar-refractivity contribution in [1.82, 2.24) is 0 Å². The summed E-state index contributed by atoms with van der Waals surface area (Å²) in [4.78, 5) is 4.70. The van der Waals surface area contributed by atoms with Gasteiger partial charge in [-0.3, -0.25) is 0 Å². The van der Waals surface area contributed by atoms with Crippen LogP contribution >= 0.6 is 0 Å². The van der Waals surface area contributed by atoms with Crippen LogP contribution < -0.4 is 9.80 Å². The number of nitrogens with zero attached hydrogens (tertiary/aromatic N) is 2. The van der Waals surface area contributed by atoms with E-state index in [1.807, 2.05) is 0 Å². The first-order valence-corrected chi connectivity index (χ1v) is 20.3. The lowest BCUT2D eigenvalue weighted by atomic mass is 10.00. The van der Waals surface area contributed by atoms with E-state index < -0.39 is 0 Å². The summed E-state index contributed by atoms with van der Waals surface area (Å²) in [5.74, 6) is 0. The van der Waals surface area contributed by atoms with Crippen LogP contribution in [0, 0.1) is 34.6 Å². The maximum atomic E-state index is 6.84. The van der Waals surface area contributed by atoms with Crippen molar-refractivity contribution < 1.29 is 8.83 Å². The molecule has 0 N–H and O–H groups in total. The first kappa shape index (κ1) is 34.9. The van der Waals surface area contributed by atoms with Gasteiger partial charge in [-0.2, -0.15) is 0 Å². The average Bonchev–Trinajstić information content (AvgIpc) is 3.80. The largest absolute Gasteiger partial charge is 0.452 e. The van der Waals surface area contributed by atoms with Crippen LogP contribution in [0.3, 0.4) is 0 Å². The molecule has 284 valence electrons. The first-order chi connectivity index (χ1) is 28.8. The number of benzene rings is 9. The number of rotatable bonds is 6. The predicted octanol–water partition coefficient (Wildman–Crippen LogP) is 16.3. The molecule has 0 amide bonds. The molecular formula is C55H42N2O2. The van der Waals surface area contributed by atoms with Gasteiger partial charge >= 0.3 is 0 Å². The van der Waals surface area contributed by atoms with Crippen molar-refractivity contribution in [3.8, 4) is 0 Å². The zero-order valence-electron chi connectivity index (χ0n) is 33.8. The third-order valence-corrected chi connectivity index (χ3v) is 12.0. The van der Waals surface area contributed by atoms with Gasteiger partial charge in [0.15, 0.2) is 11.2 Å². The van der Waals surface area contributed by atoms with E-state index in [2.05, 4.69) is 208 Å². The molecule has 0 radical (unpaired) electrons. The molecule has 2 aromatic heterocycles. The molecule has 2 heterocycles. The maximum Gasteiger partial charge on any atom is 0.178 e. The Morgan fingerprint density at radius 3 is 1.37 bits per heavy atom. The molecule has 59 heavy (non-hydrogen) atoms. The molecule has 0 saturated carbocycles. The van der Waals surface area contributed by atoms with Crippen molar-refractivity contribution in [2.45, 2.75) is 34.6 Å². The maximum absolute atomic E-state index is 6.84. The van der Waals surface area contributed by atoms with Crippen molar-refractivity contribution in [2.75, 3.05) is 9.80 Å². The Hall–Kier alpha value is -7.30. The van der Waals surface area contributed by atoms with E-state index >= 15 is 0 Å². The number of hydrogen-bond donors (Lipinski definition) is 0. The van der Waals surface area contributed by atoms with E-state index in [1.54, 1.807) is 0 Å². The van der Waals surface area contributed by atoms with Gasteiger partial charge in [-0.1, -0.05) is 72.8 Å². The molecule has 0 spiro atoms. The first-order valence-electron chi connectivity index (χ1n) is 20.3. The fourth-order valence-electron chi connectivity index (χ4n) is 9.03. The van der Waals surface area contributed by atoms with E-state index in [9.17, 15) is 0 Å². The Labute approximate surface area is 343 Å². The second-order valence-electron chi connectivity index (χ2n) is 16.2. The minimum absolute atomic E-state index is 0.781. The van der Waals surface area contributed by atoms with E-state index in [-0.39, 0.29) is 0 Å². The molecule has 0 fully saturated rings. The fraction of sp³-hybridized carbons (Fsp3) is 0.0909. The highest BCUT2D eigenvalue weighted by Crippen LogP contribution is 2.45. The minimum atomic E-state index is 0.781. The highest BCUT2D eigenvalue weighted by molar-refractivity contribution is 6.22. The molecule has 0 unspecified atom stereocenters. The lowest BCUT2D eigenvalue weighted by Crippen LogP contribution is -2.11. The minimum Gasteiger partial charge on any atom is -0.452 e. The molecule has 11 rings (SSSR count). The van der Waals surface area contributed by atoms with Crippen molar-refractivity contribution in [1.29, 1.82) is 0 Å². The van der Waals surface area contributed by atoms with Crippen molar-refractivity contribution in [3.63, 3.8) is 0 Å². The monoisotopic (exact) mass is 762 g/mol. The molecule has 4 nitrogen and oxygen atoms in total. The van der Waals surface area contributed by atoms with Gasteiger partial charge in [-0.25, -0.2) is 0 Å². The Morgan fingerprint density at radius 1 is 0.339 bits per heavy atom. The van der Waals surface area contributed by atoms with Crippen molar-refractivity contribution in [3.05, 3.63) is 192 Å². The lowest BCUT2D eigenvalue weighted by Gasteiger charge is -2.27. The summed E-state index contributed by atoms with van der Waals surface area (Å²) in [6.07, 6.45) is 0.